The van der Waals surface area contributed by atoms with Gasteiger partial charge in [0.05, 0.1) is 0 Å². The van der Waals surface area contributed by atoms with Gasteiger partial charge in [0, 0.05) is 30.9 Å². The van der Waals surface area contributed by atoms with Crippen molar-refractivity contribution in [3.05, 3.63) is 71.7 Å². The largest absolute Gasteiger partial charge is 0.368 e. The highest BCUT2D eigenvalue weighted by molar-refractivity contribution is 5.94. The molecule has 0 aliphatic rings. The topological polar surface area (TPSA) is 91.8 Å². The maximum atomic E-state index is 12.2. The van der Waals surface area contributed by atoms with Crippen molar-refractivity contribution in [1.82, 2.24) is 20.3 Å². The fraction of sp³-hybridized carbons (Fsp3) is 0.238. The summed E-state index contributed by atoms with van der Waals surface area (Å²) in [5, 5.41) is 9.27. The molecule has 2 heterocycles. The molecule has 0 aliphatic carbocycles. The number of carbonyl (C=O) groups is 1. The molecule has 0 bridgehead atoms. The van der Waals surface area contributed by atoms with Crippen molar-refractivity contribution in [3.8, 4) is 0 Å². The van der Waals surface area contributed by atoms with Crippen molar-refractivity contribution in [1.29, 1.82) is 0 Å². The summed E-state index contributed by atoms with van der Waals surface area (Å²) >= 11 is 0. The van der Waals surface area contributed by atoms with Crippen molar-refractivity contribution in [3.63, 3.8) is 0 Å². The standard InChI is InChI=1S/C21H24N6O/c1-3-16-7-9-17(10-8-16)21(28)24-13-12-23-19-14-20(26-15(2)25-19)27-18-6-4-5-11-22-18/h4-11,14H,3,12-13H2,1-2H3,(H,24,28)(H2,22,23,25,26,27). The number of pyridine rings is 1. The molecule has 7 heteroatoms. The highest BCUT2D eigenvalue weighted by Gasteiger charge is 2.06. The van der Waals surface area contributed by atoms with E-state index in [-0.39, 0.29) is 5.91 Å². The molecule has 0 atom stereocenters. The highest BCUT2D eigenvalue weighted by atomic mass is 16.1. The molecule has 3 aromatic rings. The number of aromatic nitrogens is 3. The number of anilines is 3. The minimum atomic E-state index is -0.0826. The molecule has 2 aromatic heterocycles. The number of nitrogens with one attached hydrogen (secondary N) is 3. The molecule has 1 aromatic carbocycles. The Balaban J connectivity index is 1.50. The summed E-state index contributed by atoms with van der Waals surface area (Å²) in [6.45, 7) is 4.96. The summed E-state index contributed by atoms with van der Waals surface area (Å²) in [7, 11) is 0. The first-order valence-corrected chi connectivity index (χ1v) is 9.29. The van der Waals surface area contributed by atoms with Gasteiger partial charge in [-0.2, -0.15) is 0 Å². The Kier molecular flexibility index (Phi) is 6.51. The van der Waals surface area contributed by atoms with E-state index >= 15 is 0 Å². The van der Waals surface area contributed by atoms with Crippen molar-refractivity contribution in [2.45, 2.75) is 20.3 Å². The number of rotatable bonds is 8. The first-order valence-electron chi connectivity index (χ1n) is 9.29. The zero-order valence-electron chi connectivity index (χ0n) is 16.1. The average molecular weight is 376 g/mol. The Morgan fingerprint density at radius 3 is 2.46 bits per heavy atom. The SMILES string of the molecule is CCc1ccc(C(=O)NCCNc2cc(Nc3ccccn3)nc(C)n2)cc1. The van der Waals surface area contributed by atoms with Crippen LogP contribution in [0.3, 0.4) is 0 Å². The van der Waals surface area contributed by atoms with E-state index in [1.54, 1.807) is 6.20 Å². The van der Waals surface area contributed by atoms with E-state index in [2.05, 4.69) is 37.8 Å². The lowest BCUT2D eigenvalue weighted by atomic mass is 10.1. The highest BCUT2D eigenvalue weighted by Crippen LogP contribution is 2.15. The molecule has 144 valence electrons. The lowest BCUT2D eigenvalue weighted by Crippen LogP contribution is -2.28. The van der Waals surface area contributed by atoms with E-state index in [9.17, 15) is 4.79 Å². The number of hydrogen-bond donors (Lipinski definition) is 3. The zero-order valence-corrected chi connectivity index (χ0v) is 16.1. The number of aryl methyl sites for hydroxylation is 2. The van der Waals surface area contributed by atoms with Gasteiger partial charge in [-0.25, -0.2) is 15.0 Å². The lowest BCUT2D eigenvalue weighted by Gasteiger charge is -2.10. The molecule has 0 aliphatic heterocycles. The van der Waals surface area contributed by atoms with Gasteiger partial charge < -0.3 is 16.0 Å². The number of amides is 1. The maximum Gasteiger partial charge on any atom is 0.251 e. The van der Waals surface area contributed by atoms with Crippen LogP contribution in [0.15, 0.2) is 54.7 Å². The van der Waals surface area contributed by atoms with Crippen molar-refractivity contribution >= 4 is 23.4 Å². The minimum Gasteiger partial charge on any atom is -0.368 e. The Morgan fingerprint density at radius 1 is 0.964 bits per heavy atom. The fourth-order valence-corrected chi connectivity index (χ4v) is 2.65. The summed E-state index contributed by atoms with van der Waals surface area (Å²) in [4.78, 5) is 25.2. The molecular weight excluding hydrogens is 352 g/mol. The second-order valence-electron chi connectivity index (χ2n) is 6.26. The van der Waals surface area contributed by atoms with Crippen LogP contribution in [0.2, 0.25) is 0 Å². The molecule has 0 saturated heterocycles. The van der Waals surface area contributed by atoms with Gasteiger partial charge in [0.2, 0.25) is 0 Å². The van der Waals surface area contributed by atoms with E-state index in [0.29, 0.717) is 41.9 Å². The van der Waals surface area contributed by atoms with Crippen LogP contribution in [-0.2, 0) is 6.42 Å². The third-order valence-corrected chi connectivity index (χ3v) is 4.10. The van der Waals surface area contributed by atoms with Gasteiger partial charge in [-0.05, 0) is 43.2 Å². The van der Waals surface area contributed by atoms with Crippen LogP contribution >= 0.6 is 0 Å². The molecule has 0 radical (unpaired) electrons. The number of benzene rings is 1. The molecule has 3 rings (SSSR count). The maximum absolute atomic E-state index is 12.2. The normalized spacial score (nSPS) is 10.4. The second-order valence-corrected chi connectivity index (χ2v) is 6.26. The predicted octanol–water partition coefficient (Wildman–Crippen LogP) is 3.33. The first-order chi connectivity index (χ1) is 13.6. The fourth-order valence-electron chi connectivity index (χ4n) is 2.65. The summed E-state index contributed by atoms with van der Waals surface area (Å²) in [5.74, 6) is 2.62. The first kappa shape index (κ1) is 19.3. The van der Waals surface area contributed by atoms with Gasteiger partial charge in [0.15, 0.2) is 0 Å². The monoisotopic (exact) mass is 376 g/mol. The van der Waals surface area contributed by atoms with Gasteiger partial charge in [0.1, 0.15) is 23.3 Å². The van der Waals surface area contributed by atoms with E-state index in [1.807, 2.05) is 55.5 Å². The van der Waals surface area contributed by atoms with Crippen LogP contribution in [0.1, 0.15) is 28.7 Å². The molecule has 0 spiro atoms. The second kappa shape index (κ2) is 9.45. The number of nitrogens with zero attached hydrogens (tertiary/aromatic N) is 3. The Labute approximate surface area is 164 Å². The third kappa shape index (κ3) is 5.51. The predicted molar refractivity (Wildman–Crippen MR) is 111 cm³/mol. The Morgan fingerprint density at radius 2 is 1.75 bits per heavy atom. The molecule has 3 N–H and O–H groups in total. The Hall–Kier alpha value is -3.48. The van der Waals surface area contributed by atoms with Gasteiger partial charge in [0.25, 0.3) is 5.91 Å². The van der Waals surface area contributed by atoms with E-state index in [4.69, 9.17) is 0 Å². The molecule has 0 saturated carbocycles. The average Bonchev–Trinajstić information content (AvgIpc) is 2.71. The lowest BCUT2D eigenvalue weighted by molar-refractivity contribution is 0.0955. The minimum absolute atomic E-state index is 0.0826. The number of hydrogen-bond acceptors (Lipinski definition) is 6. The smallest absolute Gasteiger partial charge is 0.251 e. The number of carbonyl (C=O) groups excluding carboxylic acids is 1. The van der Waals surface area contributed by atoms with Crippen molar-refractivity contribution < 1.29 is 4.79 Å². The zero-order chi connectivity index (χ0) is 19.8. The molecule has 7 nitrogen and oxygen atoms in total. The van der Waals surface area contributed by atoms with E-state index in [0.717, 1.165) is 6.42 Å². The van der Waals surface area contributed by atoms with Gasteiger partial charge in [-0.3, -0.25) is 4.79 Å². The molecule has 28 heavy (non-hydrogen) atoms. The summed E-state index contributed by atoms with van der Waals surface area (Å²) in [6, 6.07) is 15.1. The van der Waals surface area contributed by atoms with Crippen LogP contribution in [0.5, 0.6) is 0 Å². The van der Waals surface area contributed by atoms with Crippen LogP contribution in [0.4, 0.5) is 17.5 Å². The van der Waals surface area contributed by atoms with Crippen LogP contribution in [0, 0.1) is 6.92 Å². The quantitative estimate of drug-likeness (QED) is 0.522. The van der Waals surface area contributed by atoms with Crippen molar-refractivity contribution in [2.24, 2.45) is 0 Å². The van der Waals surface area contributed by atoms with Gasteiger partial charge in [-0.15, -0.1) is 0 Å². The van der Waals surface area contributed by atoms with E-state index in [1.165, 1.54) is 5.56 Å². The van der Waals surface area contributed by atoms with Crippen LogP contribution in [-0.4, -0.2) is 33.9 Å². The van der Waals surface area contributed by atoms with E-state index < -0.39 is 0 Å². The molecule has 0 fully saturated rings. The van der Waals surface area contributed by atoms with Gasteiger partial charge >= 0.3 is 0 Å². The van der Waals surface area contributed by atoms with Gasteiger partial charge in [-0.1, -0.05) is 25.1 Å². The van der Waals surface area contributed by atoms with Crippen LogP contribution < -0.4 is 16.0 Å². The third-order valence-electron chi connectivity index (χ3n) is 4.10. The summed E-state index contributed by atoms with van der Waals surface area (Å²) in [6.07, 6.45) is 2.68. The molecule has 0 unspecified atom stereocenters. The molecular formula is C21H24N6O. The summed E-state index contributed by atoms with van der Waals surface area (Å²) < 4.78 is 0. The van der Waals surface area contributed by atoms with Crippen molar-refractivity contribution in [2.75, 3.05) is 23.7 Å². The van der Waals surface area contributed by atoms with Crippen LogP contribution in [0.25, 0.3) is 0 Å². The molecule has 1 amide bonds. The Bertz CT molecular complexity index is 912. The summed E-state index contributed by atoms with van der Waals surface area (Å²) in [5.41, 5.74) is 1.88.